The van der Waals surface area contributed by atoms with Gasteiger partial charge in [-0.25, -0.2) is 8.42 Å². The molecule has 0 aliphatic heterocycles. The van der Waals surface area contributed by atoms with E-state index in [1.807, 2.05) is 0 Å². The van der Waals surface area contributed by atoms with Crippen molar-refractivity contribution in [2.75, 3.05) is 41.4 Å². The summed E-state index contributed by atoms with van der Waals surface area (Å²) in [7, 11) is 2.55. The Kier molecular flexibility index (Phi) is 7.37. The maximum absolute atomic E-state index is 9.22. The molecular formula is C6H17NO5S. The summed E-state index contributed by atoms with van der Waals surface area (Å²) in [5.74, 6) is 0. The third-order valence-electron chi connectivity index (χ3n) is 0.975. The molecule has 0 aliphatic carbocycles. The van der Waals surface area contributed by atoms with Crippen LogP contribution in [0.5, 0.6) is 0 Å². The molecule has 0 fully saturated rings. The molecule has 0 bridgehead atoms. The van der Waals surface area contributed by atoms with Crippen LogP contribution in [0.4, 0.5) is 0 Å². The molecule has 0 aromatic heterocycles. The molecule has 0 unspecified atom stereocenters. The van der Waals surface area contributed by atoms with E-state index in [0.717, 1.165) is 18.1 Å². The van der Waals surface area contributed by atoms with Crippen LogP contribution in [0, 0.1) is 0 Å². The van der Waals surface area contributed by atoms with Crippen molar-refractivity contribution >= 4 is 10.4 Å². The summed E-state index contributed by atoms with van der Waals surface area (Å²) in [5.41, 5.74) is 0. The molecule has 0 saturated heterocycles. The number of quaternary nitrogens is 1. The van der Waals surface area contributed by atoms with Crippen molar-refractivity contribution in [1.29, 1.82) is 0 Å². The van der Waals surface area contributed by atoms with Crippen LogP contribution < -0.4 is 0 Å². The van der Waals surface area contributed by atoms with Crippen LogP contribution >= 0.6 is 0 Å². The summed E-state index contributed by atoms with van der Waals surface area (Å²) >= 11 is 0. The number of aliphatic hydroxyl groups excluding tert-OH is 1. The van der Waals surface area contributed by atoms with Crippen LogP contribution in [0.15, 0.2) is 0 Å². The lowest BCUT2D eigenvalue weighted by Crippen LogP contribution is -2.36. The minimum Gasteiger partial charge on any atom is -0.726 e. The fraction of sp³-hybridized carbons (Fsp3) is 1.00. The average Bonchev–Trinajstić information content (AvgIpc) is 1.84. The molecule has 13 heavy (non-hydrogen) atoms. The van der Waals surface area contributed by atoms with E-state index in [0.29, 0.717) is 0 Å². The molecule has 82 valence electrons. The Balaban J connectivity index is 0. The second kappa shape index (κ2) is 6.28. The van der Waals surface area contributed by atoms with Gasteiger partial charge in [0.05, 0.1) is 34.9 Å². The van der Waals surface area contributed by atoms with Crippen molar-refractivity contribution in [3.8, 4) is 0 Å². The molecule has 0 heterocycles. The van der Waals surface area contributed by atoms with E-state index in [1.54, 1.807) is 0 Å². The molecule has 0 radical (unpaired) electrons. The molecule has 0 aliphatic rings. The second-order valence-corrected chi connectivity index (χ2v) is 4.46. The van der Waals surface area contributed by atoms with E-state index < -0.39 is 10.4 Å². The van der Waals surface area contributed by atoms with Crippen LogP contribution in [-0.4, -0.2) is 64.0 Å². The molecule has 0 atom stereocenters. The lowest BCUT2D eigenvalue weighted by atomic mass is 10.5. The predicted molar refractivity (Wildman–Crippen MR) is 46.7 cm³/mol. The zero-order valence-corrected chi connectivity index (χ0v) is 9.17. The Morgan fingerprint density at radius 1 is 1.38 bits per heavy atom. The fourth-order valence-corrected chi connectivity index (χ4v) is 0.300. The van der Waals surface area contributed by atoms with Crippen LogP contribution in [0.25, 0.3) is 0 Å². The van der Waals surface area contributed by atoms with Crippen LogP contribution in [0.2, 0.25) is 0 Å². The summed E-state index contributed by atoms with van der Waals surface area (Å²) in [5, 5.41) is 8.39. The van der Waals surface area contributed by atoms with Gasteiger partial charge < -0.3 is 14.1 Å². The first-order chi connectivity index (χ1) is 5.62. The second-order valence-electron chi connectivity index (χ2n) is 3.31. The van der Waals surface area contributed by atoms with Crippen LogP contribution in [0.1, 0.15) is 0 Å². The Hall–Kier alpha value is -0.210. The molecular weight excluding hydrogens is 198 g/mol. The van der Waals surface area contributed by atoms with Crippen molar-refractivity contribution in [3.05, 3.63) is 0 Å². The highest BCUT2D eigenvalue weighted by atomic mass is 32.3. The Morgan fingerprint density at radius 2 is 1.69 bits per heavy atom. The molecule has 0 amide bonds. The van der Waals surface area contributed by atoms with Gasteiger partial charge in [0.25, 0.3) is 0 Å². The van der Waals surface area contributed by atoms with Crippen molar-refractivity contribution < 1.29 is 26.7 Å². The molecule has 7 heteroatoms. The fourth-order valence-electron chi connectivity index (χ4n) is 0.300. The Morgan fingerprint density at radius 3 is 1.69 bits per heavy atom. The number of likely N-dealkylation sites (N-methyl/N-ethyl adjacent to an activating group) is 1. The van der Waals surface area contributed by atoms with Gasteiger partial charge in [0.1, 0.15) is 6.54 Å². The van der Waals surface area contributed by atoms with Gasteiger partial charge in [-0.15, -0.1) is 0 Å². The van der Waals surface area contributed by atoms with E-state index >= 15 is 0 Å². The molecule has 0 aromatic rings. The number of hydrogen-bond acceptors (Lipinski definition) is 5. The van der Waals surface area contributed by atoms with Gasteiger partial charge in [-0.3, -0.25) is 4.18 Å². The van der Waals surface area contributed by atoms with E-state index in [2.05, 4.69) is 25.3 Å². The first-order valence-corrected chi connectivity index (χ1v) is 4.88. The first kappa shape index (κ1) is 15.3. The van der Waals surface area contributed by atoms with Gasteiger partial charge in [-0.05, 0) is 0 Å². The largest absolute Gasteiger partial charge is 0.726 e. The molecule has 0 saturated carbocycles. The highest BCUT2D eigenvalue weighted by molar-refractivity contribution is 7.80. The van der Waals surface area contributed by atoms with E-state index in [1.165, 1.54) is 0 Å². The number of nitrogens with zero attached hydrogens (tertiary/aromatic N) is 1. The highest BCUT2D eigenvalue weighted by Crippen LogP contribution is 1.84. The smallest absolute Gasteiger partial charge is 0.217 e. The lowest BCUT2D eigenvalue weighted by molar-refractivity contribution is -0.870. The van der Waals surface area contributed by atoms with Gasteiger partial charge >= 0.3 is 0 Å². The van der Waals surface area contributed by atoms with Gasteiger partial charge in [-0.1, -0.05) is 0 Å². The normalized spacial score (nSPS) is 11.8. The van der Waals surface area contributed by atoms with Crippen LogP contribution in [0.3, 0.4) is 0 Å². The maximum atomic E-state index is 9.22. The van der Waals surface area contributed by atoms with E-state index in [4.69, 9.17) is 5.11 Å². The molecule has 6 nitrogen and oxygen atoms in total. The van der Waals surface area contributed by atoms with Gasteiger partial charge in [-0.2, -0.15) is 0 Å². The zero-order chi connectivity index (χ0) is 11.1. The maximum Gasteiger partial charge on any atom is 0.217 e. The number of rotatable bonds is 3. The number of aliphatic hydroxyl groups is 1. The standard InChI is InChI=1S/C5H14NO.CH4O4S/c1-6(2,3)4-5-7;1-5-6(2,3)4/h7H,4-5H2,1-3H3;1H3,(H,2,3,4)/q+1;/p-1. The Labute approximate surface area is 79.3 Å². The minimum absolute atomic E-state index is 0.281. The summed E-state index contributed by atoms with van der Waals surface area (Å²) in [4.78, 5) is 0. The summed E-state index contributed by atoms with van der Waals surface area (Å²) < 4.78 is 31.9. The van der Waals surface area contributed by atoms with E-state index in [9.17, 15) is 13.0 Å². The zero-order valence-electron chi connectivity index (χ0n) is 8.35. The monoisotopic (exact) mass is 215 g/mol. The van der Waals surface area contributed by atoms with Crippen molar-refractivity contribution in [2.45, 2.75) is 0 Å². The minimum atomic E-state index is -4.41. The average molecular weight is 215 g/mol. The SMILES string of the molecule is COS(=O)(=O)[O-].C[N+](C)(C)CCO. The molecule has 0 aromatic carbocycles. The van der Waals surface area contributed by atoms with Gasteiger partial charge in [0.2, 0.25) is 10.4 Å². The topological polar surface area (TPSA) is 86.7 Å². The molecule has 1 N–H and O–H groups in total. The summed E-state index contributed by atoms with van der Waals surface area (Å²) in [6.45, 7) is 1.11. The van der Waals surface area contributed by atoms with Crippen molar-refractivity contribution in [2.24, 2.45) is 0 Å². The van der Waals surface area contributed by atoms with Gasteiger partial charge in [0.15, 0.2) is 0 Å². The predicted octanol–water partition coefficient (Wildman–Crippen LogP) is -1.22. The highest BCUT2D eigenvalue weighted by Gasteiger charge is 2.02. The molecule has 0 spiro atoms. The third-order valence-corrected chi connectivity index (χ3v) is 1.38. The Bertz CT molecular complexity index is 206. The quantitative estimate of drug-likeness (QED) is 0.362. The lowest BCUT2D eigenvalue weighted by Gasteiger charge is -2.21. The molecule has 0 rings (SSSR count). The van der Waals surface area contributed by atoms with E-state index in [-0.39, 0.29) is 6.61 Å². The summed E-state index contributed by atoms with van der Waals surface area (Å²) in [6.07, 6.45) is 0. The number of hydrogen-bond donors (Lipinski definition) is 1. The summed E-state index contributed by atoms with van der Waals surface area (Å²) in [6, 6.07) is 0. The van der Waals surface area contributed by atoms with Crippen LogP contribution in [-0.2, 0) is 14.6 Å². The van der Waals surface area contributed by atoms with Gasteiger partial charge in [0, 0.05) is 0 Å². The van der Waals surface area contributed by atoms with Crippen molar-refractivity contribution in [3.63, 3.8) is 0 Å². The van der Waals surface area contributed by atoms with Crippen molar-refractivity contribution in [1.82, 2.24) is 0 Å². The third kappa shape index (κ3) is 24.5. The first-order valence-electron chi connectivity index (χ1n) is 3.55.